The Kier molecular flexibility index (Phi) is 8.01. The first-order chi connectivity index (χ1) is 9.19. The van der Waals surface area contributed by atoms with Crippen LogP contribution in [0.2, 0.25) is 0 Å². The van der Waals surface area contributed by atoms with Crippen molar-refractivity contribution in [3.8, 4) is 0 Å². The standard InChI is InChI=1S/C15H30N2.C2H6/c1-4-14-7-10-17(13(2)11-14)12-15-5-8-16(3)9-6-15;1-2/h13-15H,4-12H2,1-3H3;1-2H3/t13-,14+;/m1./s1. The highest BCUT2D eigenvalue weighted by molar-refractivity contribution is 4.81. The van der Waals surface area contributed by atoms with Crippen LogP contribution in [0, 0.1) is 11.8 Å². The Morgan fingerprint density at radius 2 is 1.53 bits per heavy atom. The van der Waals surface area contributed by atoms with E-state index in [2.05, 4.69) is 30.7 Å². The Labute approximate surface area is 121 Å². The average molecular weight is 268 g/mol. The number of likely N-dealkylation sites (tertiary alicyclic amines) is 2. The smallest absolute Gasteiger partial charge is 0.00696 e. The van der Waals surface area contributed by atoms with E-state index in [4.69, 9.17) is 0 Å². The summed E-state index contributed by atoms with van der Waals surface area (Å²) in [6.45, 7) is 14.1. The fraction of sp³-hybridized carbons (Fsp3) is 1.00. The van der Waals surface area contributed by atoms with E-state index in [1.165, 1.54) is 58.3 Å². The van der Waals surface area contributed by atoms with Crippen molar-refractivity contribution in [2.24, 2.45) is 11.8 Å². The highest BCUT2D eigenvalue weighted by Gasteiger charge is 2.27. The summed E-state index contributed by atoms with van der Waals surface area (Å²) < 4.78 is 0. The number of hydrogen-bond acceptors (Lipinski definition) is 2. The van der Waals surface area contributed by atoms with Gasteiger partial charge in [-0.05, 0) is 71.1 Å². The number of nitrogens with zero attached hydrogens (tertiary/aromatic N) is 2. The van der Waals surface area contributed by atoms with Crippen LogP contribution in [-0.4, -0.2) is 49.1 Å². The second-order valence-electron chi connectivity index (χ2n) is 6.39. The van der Waals surface area contributed by atoms with Gasteiger partial charge in [-0.1, -0.05) is 27.2 Å². The maximum atomic E-state index is 2.77. The van der Waals surface area contributed by atoms with Crippen LogP contribution < -0.4 is 0 Å². The number of rotatable bonds is 3. The maximum Gasteiger partial charge on any atom is 0.00696 e. The lowest BCUT2D eigenvalue weighted by Gasteiger charge is -2.40. The van der Waals surface area contributed by atoms with Gasteiger partial charge in [-0.25, -0.2) is 0 Å². The Morgan fingerprint density at radius 1 is 0.947 bits per heavy atom. The van der Waals surface area contributed by atoms with E-state index in [0.717, 1.165) is 17.9 Å². The molecule has 0 radical (unpaired) electrons. The van der Waals surface area contributed by atoms with E-state index in [9.17, 15) is 0 Å². The van der Waals surface area contributed by atoms with Crippen molar-refractivity contribution in [2.75, 3.05) is 33.2 Å². The fourth-order valence-corrected chi connectivity index (χ4v) is 3.54. The van der Waals surface area contributed by atoms with Gasteiger partial charge in [-0.3, -0.25) is 0 Å². The molecule has 2 heteroatoms. The van der Waals surface area contributed by atoms with Crippen molar-refractivity contribution >= 4 is 0 Å². The van der Waals surface area contributed by atoms with E-state index in [0.29, 0.717) is 0 Å². The highest BCUT2D eigenvalue weighted by Crippen LogP contribution is 2.27. The van der Waals surface area contributed by atoms with Gasteiger partial charge >= 0.3 is 0 Å². The van der Waals surface area contributed by atoms with Crippen molar-refractivity contribution in [2.45, 2.75) is 65.8 Å². The summed E-state index contributed by atoms with van der Waals surface area (Å²) in [5.41, 5.74) is 0. The Hall–Kier alpha value is -0.0800. The molecule has 2 heterocycles. The van der Waals surface area contributed by atoms with Gasteiger partial charge in [-0.2, -0.15) is 0 Å². The predicted octanol–water partition coefficient (Wildman–Crippen LogP) is 3.86. The van der Waals surface area contributed by atoms with Gasteiger partial charge in [0, 0.05) is 12.6 Å². The summed E-state index contributed by atoms with van der Waals surface area (Å²) in [4.78, 5) is 5.24. The van der Waals surface area contributed by atoms with Gasteiger partial charge in [0.2, 0.25) is 0 Å². The van der Waals surface area contributed by atoms with Crippen LogP contribution in [0.5, 0.6) is 0 Å². The largest absolute Gasteiger partial charge is 0.306 e. The van der Waals surface area contributed by atoms with Gasteiger partial charge in [-0.15, -0.1) is 0 Å². The summed E-state index contributed by atoms with van der Waals surface area (Å²) in [6.07, 6.45) is 7.08. The molecule has 2 atom stereocenters. The Bertz CT molecular complexity index is 221. The van der Waals surface area contributed by atoms with Gasteiger partial charge in [0.05, 0.1) is 0 Å². The van der Waals surface area contributed by atoms with Crippen LogP contribution in [0.1, 0.15) is 59.8 Å². The van der Waals surface area contributed by atoms with Crippen LogP contribution in [0.15, 0.2) is 0 Å². The minimum absolute atomic E-state index is 0.827. The number of piperidine rings is 2. The molecule has 0 aromatic carbocycles. The molecule has 0 aromatic heterocycles. The average Bonchev–Trinajstić information content (AvgIpc) is 2.45. The predicted molar refractivity (Wildman–Crippen MR) is 85.6 cm³/mol. The van der Waals surface area contributed by atoms with Crippen LogP contribution in [0.25, 0.3) is 0 Å². The van der Waals surface area contributed by atoms with Gasteiger partial charge < -0.3 is 9.80 Å². The van der Waals surface area contributed by atoms with Gasteiger partial charge in [0.15, 0.2) is 0 Å². The fourth-order valence-electron chi connectivity index (χ4n) is 3.54. The topological polar surface area (TPSA) is 6.48 Å². The zero-order chi connectivity index (χ0) is 14.3. The van der Waals surface area contributed by atoms with E-state index < -0.39 is 0 Å². The summed E-state index contributed by atoms with van der Waals surface area (Å²) >= 11 is 0. The second-order valence-corrected chi connectivity index (χ2v) is 6.39. The molecule has 2 nitrogen and oxygen atoms in total. The second kappa shape index (κ2) is 8.97. The molecule has 0 aliphatic carbocycles. The molecule has 0 spiro atoms. The number of hydrogen-bond donors (Lipinski definition) is 0. The highest BCUT2D eigenvalue weighted by atomic mass is 15.2. The lowest BCUT2D eigenvalue weighted by atomic mass is 9.88. The van der Waals surface area contributed by atoms with E-state index in [1.807, 2.05) is 13.8 Å². The molecule has 0 unspecified atom stereocenters. The summed E-state index contributed by atoms with van der Waals surface area (Å²) in [7, 11) is 2.26. The Balaban J connectivity index is 0.000000861. The molecule has 2 fully saturated rings. The zero-order valence-corrected chi connectivity index (χ0v) is 14.0. The van der Waals surface area contributed by atoms with Crippen LogP contribution in [0.4, 0.5) is 0 Å². The van der Waals surface area contributed by atoms with Crippen LogP contribution in [0.3, 0.4) is 0 Å². The molecule has 0 amide bonds. The molecule has 0 bridgehead atoms. The van der Waals surface area contributed by atoms with Crippen LogP contribution >= 0.6 is 0 Å². The molecular weight excluding hydrogens is 232 g/mol. The third-order valence-electron chi connectivity index (χ3n) is 5.03. The van der Waals surface area contributed by atoms with E-state index in [-0.39, 0.29) is 0 Å². The minimum Gasteiger partial charge on any atom is -0.306 e. The molecule has 114 valence electrons. The molecule has 0 saturated carbocycles. The van der Waals surface area contributed by atoms with Crippen molar-refractivity contribution in [1.82, 2.24) is 9.80 Å². The summed E-state index contributed by atoms with van der Waals surface area (Å²) in [6, 6.07) is 0.827. The van der Waals surface area contributed by atoms with E-state index in [1.54, 1.807) is 0 Å². The van der Waals surface area contributed by atoms with Crippen molar-refractivity contribution in [3.05, 3.63) is 0 Å². The lowest BCUT2D eigenvalue weighted by Crippen LogP contribution is -2.45. The van der Waals surface area contributed by atoms with Crippen LogP contribution in [-0.2, 0) is 0 Å². The third kappa shape index (κ3) is 5.43. The maximum absolute atomic E-state index is 2.77. The Morgan fingerprint density at radius 3 is 2.05 bits per heavy atom. The van der Waals surface area contributed by atoms with E-state index >= 15 is 0 Å². The monoisotopic (exact) mass is 268 g/mol. The molecule has 2 aliphatic rings. The molecule has 2 aliphatic heterocycles. The molecule has 19 heavy (non-hydrogen) atoms. The first kappa shape index (κ1) is 17.0. The molecular formula is C17H36N2. The van der Waals surface area contributed by atoms with Crippen molar-refractivity contribution < 1.29 is 0 Å². The minimum atomic E-state index is 0.827. The van der Waals surface area contributed by atoms with Crippen molar-refractivity contribution in [3.63, 3.8) is 0 Å². The van der Waals surface area contributed by atoms with Crippen molar-refractivity contribution in [1.29, 1.82) is 0 Å². The third-order valence-corrected chi connectivity index (χ3v) is 5.03. The normalized spacial score (nSPS) is 30.8. The SMILES string of the molecule is CC.CC[C@H]1CCN(CC2CCN(C)CC2)[C@H](C)C1. The first-order valence-electron chi connectivity index (χ1n) is 8.61. The van der Waals surface area contributed by atoms with Gasteiger partial charge in [0.1, 0.15) is 0 Å². The zero-order valence-electron chi connectivity index (χ0n) is 14.0. The summed E-state index contributed by atoms with van der Waals surface area (Å²) in [5, 5.41) is 0. The molecule has 0 aromatic rings. The molecule has 0 N–H and O–H groups in total. The quantitative estimate of drug-likeness (QED) is 0.767. The summed E-state index contributed by atoms with van der Waals surface area (Å²) in [5.74, 6) is 1.96. The lowest BCUT2D eigenvalue weighted by molar-refractivity contribution is 0.0843. The first-order valence-corrected chi connectivity index (χ1v) is 8.61. The van der Waals surface area contributed by atoms with Gasteiger partial charge in [0.25, 0.3) is 0 Å². The molecule has 2 saturated heterocycles. The molecule has 2 rings (SSSR count).